The summed E-state index contributed by atoms with van der Waals surface area (Å²) in [6, 6.07) is 0. The van der Waals surface area contributed by atoms with Crippen molar-refractivity contribution in [3.63, 3.8) is 0 Å². The smallest absolute Gasteiger partial charge is 0.128 e. The van der Waals surface area contributed by atoms with Gasteiger partial charge in [0.15, 0.2) is 0 Å². The molecular weight excluding hydrogens is 128 g/mol. The molecule has 10 heavy (non-hydrogen) atoms. The van der Waals surface area contributed by atoms with E-state index >= 15 is 0 Å². The quantitative estimate of drug-likeness (QED) is 0.476. The molecule has 58 valence electrons. The summed E-state index contributed by atoms with van der Waals surface area (Å²) < 4.78 is 4.96. The Labute approximate surface area is 61.8 Å². The van der Waals surface area contributed by atoms with E-state index in [4.69, 9.17) is 9.84 Å². The first-order valence-electron chi connectivity index (χ1n) is 3.34. The Bertz CT molecular complexity index is 127. The summed E-state index contributed by atoms with van der Waals surface area (Å²) >= 11 is 0. The molecule has 0 aliphatic carbocycles. The molecule has 1 unspecified atom stereocenters. The molecule has 0 rings (SSSR count). The monoisotopic (exact) mass is 142 g/mol. The average molecular weight is 142 g/mol. The number of hydrogen-bond acceptors (Lipinski definition) is 2. The van der Waals surface area contributed by atoms with Gasteiger partial charge in [0.2, 0.25) is 0 Å². The molecule has 0 aromatic carbocycles. The Hall–Kier alpha value is -0.760. The van der Waals surface area contributed by atoms with E-state index in [2.05, 4.69) is 6.58 Å². The highest BCUT2D eigenvalue weighted by Crippen LogP contribution is 2.01. The lowest BCUT2D eigenvalue weighted by atomic mass is 10.3. The Morgan fingerprint density at radius 1 is 1.80 bits per heavy atom. The SMILES string of the molecule is C=C(OCC)C(O)/C=C/C. The van der Waals surface area contributed by atoms with Crippen LogP contribution in [0.3, 0.4) is 0 Å². The second kappa shape index (κ2) is 5.06. The summed E-state index contributed by atoms with van der Waals surface area (Å²) in [5.41, 5.74) is 0. The van der Waals surface area contributed by atoms with Gasteiger partial charge in [-0.1, -0.05) is 18.7 Å². The highest BCUT2D eigenvalue weighted by Gasteiger charge is 2.02. The number of aliphatic hydroxyl groups is 1. The van der Waals surface area contributed by atoms with E-state index in [0.29, 0.717) is 12.4 Å². The molecule has 0 amide bonds. The minimum atomic E-state index is -0.662. The highest BCUT2D eigenvalue weighted by atomic mass is 16.5. The molecule has 0 heterocycles. The summed E-state index contributed by atoms with van der Waals surface area (Å²) in [7, 11) is 0. The van der Waals surface area contributed by atoms with Crippen molar-refractivity contribution in [2.45, 2.75) is 20.0 Å². The minimum Gasteiger partial charge on any atom is -0.496 e. The molecule has 1 atom stereocenters. The van der Waals surface area contributed by atoms with Crippen molar-refractivity contribution in [3.8, 4) is 0 Å². The van der Waals surface area contributed by atoms with E-state index in [1.807, 2.05) is 13.8 Å². The van der Waals surface area contributed by atoms with Crippen LogP contribution in [0.4, 0.5) is 0 Å². The van der Waals surface area contributed by atoms with Crippen molar-refractivity contribution in [2.75, 3.05) is 6.61 Å². The normalized spacial score (nSPS) is 13.5. The molecular formula is C8H14O2. The average Bonchev–Trinajstić information content (AvgIpc) is 1.89. The van der Waals surface area contributed by atoms with Crippen molar-refractivity contribution in [3.05, 3.63) is 24.5 Å². The largest absolute Gasteiger partial charge is 0.496 e. The summed E-state index contributed by atoms with van der Waals surface area (Å²) in [4.78, 5) is 0. The van der Waals surface area contributed by atoms with E-state index in [-0.39, 0.29) is 0 Å². The first-order valence-corrected chi connectivity index (χ1v) is 3.34. The molecule has 0 aliphatic rings. The number of aliphatic hydroxyl groups excluding tert-OH is 1. The molecule has 0 radical (unpaired) electrons. The minimum absolute atomic E-state index is 0.403. The second-order valence-corrected chi connectivity index (χ2v) is 1.87. The maximum absolute atomic E-state index is 9.14. The van der Waals surface area contributed by atoms with Gasteiger partial charge >= 0.3 is 0 Å². The van der Waals surface area contributed by atoms with Crippen molar-refractivity contribution < 1.29 is 9.84 Å². The summed E-state index contributed by atoms with van der Waals surface area (Å²) in [6.07, 6.45) is 2.72. The third-order valence-electron chi connectivity index (χ3n) is 1.03. The fourth-order valence-electron chi connectivity index (χ4n) is 0.560. The molecule has 2 heteroatoms. The first kappa shape index (κ1) is 9.24. The molecule has 0 fully saturated rings. The molecule has 0 saturated heterocycles. The van der Waals surface area contributed by atoms with E-state index in [1.165, 1.54) is 0 Å². The third-order valence-corrected chi connectivity index (χ3v) is 1.03. The van der Waals surface area contributed by atoms with E-state index < -0.39 is 6.10 Å². The first-order chi connectivity index (χ1) is 4.72. The van der Waals surface area contributed by atoms with Gasteiger partial charge in [0.25, 0.3) is 0 Å². The predicted octanol–water partition coefficient (Wildman–Crippen LogP) is 1.47. The standard InChI is InChI=1S/C8H14O2/c1-4-6-8(9)7(3)10-5-2/h4,6,8-9H,3,5H2,1-2H3/b6-4+. The van der Waals surface area contributed by atoms with Gasteiger partial charge in [-0.2, -0.15) is 0 Å². The lowest BCUT2D eigenvalue weighted by molar-refractivity contribution is 0.136. The van der Waals surface area contributed by atoms with Gasteiger partial charge in [-0.15, -0.1) is 0 Å². The predicted molar refractivity (Wildman–Crippen MR) is 41.6 cm³/mol. The Kier molecular flexibility index (Phi) is 4.67. The van der Waals surface area contributed by atoms with Crippen molar-refractivity contribution >= 4 is 0 Å². The van der Waals surface area contributed by atoms with Gasteiger partial charge in [-0.3, -0.25) is 0 Å². The number of rotatable bonds is 4. The van der Waals surface area contributed by atoms with Crippen molar-refractivity contribution in [1.29, 1.82) is 0 Å². The van der Waals surface area contributed by atoms with Gasteiger partial charge in [0.05, 0.1) is 6.61 Å². The van der Waals surface area contributed by atoms with Crippen LogP contribution >= 0.6 is 0 Å². The fourth-order valence-corrected chi connectivity index (χ4v) is 0.560. The van der Waals surface area contributed by atoms with Crippen molar-refractivity contribution in [2.24, 2.45) is 0 Å². The van der Waals surface area contributed by atoms with Crippen LogP contribution in [-0.2, 0) is 4.74 Å². The number of allylic oxidation sites excluding steroid dienone is 1. The van der Waals surface area contributed by atoms with Crippen LogP contribution in [0.15, 0.2) is 24.5 Å². The van der Waals surface area contributed by atoms with Crippen LogP contribution in [0, 0.1) is 0 Å². The Morgan fingerprint density at radius 2 is 2.40 bits per heavy atom. The van der Waals surface area contributed by atoms with Crippen LogP contribution in [0.1, 0.15) is 13.8 Å². The van der Waals surface area contributed by atoms with E-state index in [9.17, 15) is 0 Å². The third kappa shape index (κ3) is 3.30. The second-order valence-electron chi connectivity index (χ2n) is 1.87. The molecule has 0 saturated carbocycles. The van der Waals surface area contributed by atoms with Crippen molar-refractivity contribution in [1.82, 2.24) is 0 Å². The summed E-state index contributed by atoms with van der Waals surface area (Å²) in [6.45, 7) is 7.78. The molecule has 0 aliphatic heterocycles. The number of hydrogen-bond donors (Lipinski definition) is 1. The zero-order valence-corrected chi connectivity index (χ0v) is 6.50. The molecule has 2 nitrogen and oxygen atoms in total. The Balaban J connectivity index is 3.70. The Morgan fingerprint density at radius 3 is 2.80 bits per heavy atom. The maximum atomic E-state index is 9.14. The number of ether oxygens (including phenoxy) is 1. The summed E-state index contributed by atoms with van der Waals surface area (Å²) in [5.74, 6) is 0.403. The lowest BCUT2D eigenvalue weighted by Crippen LogP contribution is -2.08. The van der Waals surface area contributed by atoms with Crippen LogP contribution in [-0.4, -0.2) is 17.8 Å². The van der Waals surface area contributed by atoms with Crippen LogP contribution in [0.2, 0.25) is 0 Å². The zero-order chi connectivity index (χ0) is 7.98. The lowest BCUT2D eigenvalue weighted by Gasteiger charge is -2.09. The van der Waals surface area contributed by atoms with Gasteiger partial charge < -0.3 is 9.84 Å². The van der Waals surface area contributed by atoms with E-state index in [0.717, 1.165) is 0 Å². The van der Waals surface area contributed by atoms with E-state index in [1.54, 1.807) is 12.2 Å². The maximum Gasteiger partial charge on any atom is 0.128 e. The van der Waals surface area contributed by atoms with Crippen LogP contribution < -0.4 is 0 Å². The zero-order valence-electron chi connectivity index (χ0n) is 6.50. The van der Waals surface area contributed by atoms with Crippen LogP contribution in [0.25, 0.3) is 0 Å². The molecule has 0 bridgehead atoms. The fraction of sp³-hybridized carbons (Fsp3) is 0.500. The van der Waals surface area contributed by atoms with Gasteiger partial charge in [-0.25, -0.2) is 0 Å². The molecule has 1 N–H and O–H groups in total. The molecule has 0 aromatic rings. The van der Waals surface area contributed by atoms with Gasteiger partial charge in [0.1, 0.15) is 11.9 Å². The van der Waals surface area contributed by atoms with Gasteiger partial charge in [-0.05, 0) is 13.8 Å². The topological polar surface area (TPSA) is 29.5 Å². The van der Waals surface area contributed by atoms with Crippen LogP contribution in [0.5, 0.6) is 0 Å². The molecule has 0 aromatic heterocycles. The summed E-state index contributed by atoms with van der Waals surface area (Å²) in [5, 5.41) is 9.14. The van der Waals surface area contributed by atoms with Gasteiger partial charge in [0, 0.05) is 0 Å². The molecule has 0 spiro atoms. The highest BCUT2D eigenvalue weighted by molar-refractivity contribution is 5.03.